The van der Waals surface area contributed by atoms with Crippen molar-refractivity contribution in [1.29, 1.82) is 0 Å². The van der Waals surface area contributed by atoms with E-state index in [0.29, 0.717) is 5.16 Å². The summed E-state index contributed by atoms with van der Waals surface area (Å²) in [6.45, 7) is 3.30. The van der Waals surface area contributed by atoms with Gasteiger partial charge in [0.25, 0.3) is 0 Å². The first-order valence-corrected chi connectivity index (χ1v) is 10.6. The standard InChI is InChI=1S/C22H25N3O3S/c1-26-18-7-5-17(6-8-18)14-25(15-19-4-2-13-27-19)16-20-9-10-21(28-20)29-22-23-11-3-12-24-22/h3,5-12,19H,2,4,13-16H2,1H3. The first kappa shape index (κ1) is 19.9. The van der Waals surface area contributed by atoms with Crippen LogP contribution in [-0.2, 0) is 17.8 Å². The van der Waals surface area contributed by atoms with Gasteiger partial charge in [-0.1, -0.05) is 12.1 Å². The molecule has 7 heteroatoms. The molecule has 0 saturated carbocycles. The maximum Gasteiger partial charge on any atom is 0.195 e. The Morgan fingerprint density at radius 2 is 1.93 bits per heavy atom. The van der Waals surface area contributed by atoms with Crippen LogP contribution in [0, 0.1) is 0 Å². The van der Waals surface area contributed by atoms with Gasteiger partial charge in [0.05, 0.1) is 19.8 Å². The molecule has 152 valence electrons. The average molecular weight is 412 g/mol. The highest BCUT2D eigenvalue weighted by molar-refractivity contribution is 7.99. The number of benzene rings is 1. The van der Waals surface area contributed by atoms with Crippen molar-refractivity contribution in [1.82, 2.24) is 14.9 Å². The molecule has 0 spiro atoms. The third-order valence-electron chi connectivity index (χ3n) is 4.80. The summed E-state index contributed by atoms with van der Waals surface area (Å²) in [4.78, 5) is 10.9. The fraction of sp³-hybridized carbons (Fsp3) is 0.364. The van der Waals surface area contributed by atoms with E-state index in [2.05, 4.69) is 27.0 Å². The Labute approximate surface area is 175 Å². The van der Waals surface area contributed by atoms with Crippen molar-refractivity contribution in [2.75, 3.05) is 20.3 Å². The number of methoxy groups -OCH3 is 1. The van der Waals surface area contributed by atoms with E-state index in [1.807, 2.05) is 24.3 Å². The van der Waals surface area contributed by atoms with Crippen molar-refractivity contribution < 1.29 is 13.9 Å². The van der Waals surface area contributed by atoms with Crippen LogP contribution in [0.2, 0.25) is 0 Å². The Bertz CT molecular complexity index is 880. The molecule has 1 aliphatic heterocycles. The summed E-state index contributed by atoms with van der Waals surface area (Å²) in [5, 5.41) is 1.48. The second-order valence-corrected chi connectivity index (χ2v) is 7.98. The van der Waals surface area contributed by atoms with Gasteiger partial charge in [-0.25, -0.2) is 9.97 Å². The summed E-state index contributed by atoms with van der Waals surface area (Å²) < 4.78 is 17.2. The number of rotatable bonds is 9. The van der Waals surface area contributed by atoms with Gasteiger partial charge in [-0.05, 0) is 60.5 Å². The van der Waals surface area contributed by atoms with Gasteiger partial charge in [0.15, 0.2) is 10.2 Å². The van der Waals surface area contributed by atoms with E-state index in [1.165, 1.54) is 17.3 Å². The van der Waals surface area contributed by atoms with E-state index >= 15 is 0 Å². The van der Waals surface area contributed by atoms with Crippen molar-refractivity contribution in [3.8, 4) is 5.75 Å². The van der Waals surface area contributed by atoms with Gasteiger partial charge >= 0.3 is 0 Å². The number of ether oxygens (including phenoxy) is 2. The first-order chi connectivity index (χ1) is 14.3. The Morgan fingerprint density at radius 3 is 2.66 bits per heavy atom. The first-order valence-electron chi connectivity index (χ1n) is 9.79. The molecular formula is C22H25N3O3S. The number of furan rings is 1. The molecule has 3 aromatic rings. The lowest BCUT2D eigenvalue weighted by Crippen LogP contribution is -2.31. The molecule has 1 aromatic carbocycles. The Hall–Kier alpha value is -2.35. The predicted octanol–water partition coefficient (Wildman–Crippen LogP) is 4.41. The molecule has 1 saturated heterocycles. The fourth-order valence-electron chi connectivity index (χ4n) is 3.40. The van der Waals surface area contributed by atoms with Crippen molar-refractivity contribution in [2.45, 2.75) is 42.3 Å². The van der Waals surface area contributed by atoms with Crippen molar-refractivity contribution in [2.24, 2.45) is 0 Å². The summed E-state index contributed by atoms with van der Waals surface area (Å²) in [5.41, 5.74) is 1.24. The van der Waals surface area contributed by atoms with E-state index in [0.717, 1.165) is 55.7 Å². The van der Waals surface area contributed by atoms with Crippen LogP contribution in [0.15, 0.2) is 69.5 Å². The van der Waals surface area contributed by atoms with E-state index in [1.54, 1.807) is 25.6 Å². The molecule has 1 atom stereocenters. The quantitative estimate of drug-likeness (QED) is 0.483. The maximum atomic E-state index is 6.04. The Kier molecular flexibility index (Phi) is 6.82. The Morgan fingerprint density at radius 1 is 1.10 bits per heavy atom. The molecule has 0 amide bonds. The number of aromatic nitrogens is 2. The number of nitrogens with zero attached hydrogens (tertiary/aromatic N) is 3. The lowest BCUT2D eigenvalue weighted by atomic mass is 10.1. The van der Waals surface area contributed by atoms with E-state index < -0.39 is 0 Å². The van der Waals surface area contributed by atoms with Gasteiger partial charge in [-0.15, -0.1) is 0 Å². The monoisotopic (exact) mass is 411 g/mol. The summed E-state index contributed by atoms with van der Waals surface area (Å²) in [5.74, 6) is 1.80. The highest BCUT2D eigenvalue weighted by atomic mass is 32.2. The second kappa shape index (κ2) is 9.91. The predicted molar refractivity (Wildman–Crippen MR) is 111 cm³/mol. The van der Waals surface area contributed by atoms with Crippen molar-refractivity contribution in [3.05, 3.63) is 66.2 Å². The summed E-state index contributed by atoms with van der Waals surface area (Å²) in [7, 11) is 1.69. The lowest BCUT2D eigenvalue weighted by Gasteiger charge is -2.24. The van der Waals surface area contributed by atoms with Crippen LogP contribution in [0.25, 0.3) is 0 Å². The van der Waals surface area contributed by atoms with Crippen LogP contribution < -0.4 is 4.74 Å². The Balaban J connectivity index is 1.42. The number of hydrogen-bond acceptors (Lipinski definition) is 7. The van der Waals surface area contributed by atoms with E-state index in [4.69, 9.17) is 13.9 Å². The van der Waals surface area contributed by atoms with Gasteiger partial charge < -0.3 is 13.9 Å². The van der Waals surface area contributed by atoms with Gasteiger partial charge in [0, 0.05) is 32.1 Å². The minimum absolute atomic E-state index is 0.287. The molecule has 0 aliphatic carbocycles. The molecule has 3 heterocycles. The molecule has 29 heavy (non-hydrogen) atoms. The van der Waals surface area contributed by atoms with E-state index in [-0.39, 0.29) is 6.10 Å². The third kappa shape index (κ3) is 5.82. The van der Waals surface area contributed by atoms with Gasteiger partial charge in [-0.2, -0.15) is 0 Å². The molecule has 0 bridgehead atoms. The van der Waals surface area contributed by atoms with Gasteiger partial charge in [0.2, 0.25) is 0 Å². The van der Waals surface area contributed by atoms with Crippen LogP contribution in [0.1, 0.15) is 24.2 Å². The minimum atomic E-state index is 0.287. The highest BCUT2D eigenvalue weighted by Gasteiger charge is 2.20. The van der Waals surface area contributed by atoms with E-state index in [9.17, 15) is 0 Å². The maximum absolute atomic E-state index is 6.04. The third-order valence-corrected chi connectivity index (χ3v) is 5.62. The largest absolute Gasteiger partial charge is 0.497 e. The molecule has 0 N–H and O–H groups in total. The molecular weight excluding hydrogens is 386 g/mol. The SMILES string of the molecule is COc1ccc(CN(Cc2ccc(Sc3ncccn3)o2)CC2CCCO2)cc1. The summed E-state index contributed by atoms with van der Waals surface area (Å²) in [6, 6.07) is 14.0. The summed E-state index contributed by atoms with van der Waals surface area (Å²) >= 11 is 1.43. The zero-order valence-corrected chi connectivity index (χ0v) is 17.3. The van der Waals surface area contributed by atoms with Crippen LogP contribution >= 0.6 is 11.8 Å². The molecule has 1 fully saturated rings. The normalized spacial score (nSPS) is 16.4. The average Bonchev–Trinajstić information content (AvgIpc) is 3.41. The smallest absolute Gasteiger partial charge is 0.195 e. The molecule has 2 aromatic heterocycles. The summed E-state index contributed by atoms with van der Waals surface area (Å²) in [6.07, 6.45) is 6.01. The van der Waals surface area contributed by atoms with Gasteiger partial charge in [0.1, 0.15) is 11.5 Å². The van der Waals surface area contributed by atoms with Gasteiger partial charge in [-0.3, -0.25) is 4.90 Å². The minimum Gasteiger partial charge on any atom is -0.497 e. The molecule has 0 radical (unpaired) electrons. The number of hydrogen-bond donors (Lipinski definition) is 0. The van der Waals surface area contributed by atoms with Crippen molar-refractivity contribution in [3.63, 3.8) is 0 Å². The topological polar surface area (TPSA) is 60.6 Å². The molecule has 1 unspecified atom stereocenters. The highest BCUT2D eigenvalue weighted by Crippen LogP contribution is 2.27. The molecule has 4 rings (SSSR count). The molecule has 1 aliphatic rings. The van der Waals surface area contributed by atoms with Crippen molar-refractivity contribution >= 4 is 11.8 Å². The van der Waals surface area contributed by atoms with Crippen LogP contribution in [0.3, 0.4) is 0 Å². The fourth-order valence-corrected chi connectivity index (χ4v) is 4.09. The van der Waals surface area contributed by atoms with Crippen LogP contribution in [0.5, 0.6) is 5.75 Å². The van der Waals surface area contributed by atoms with Crippen LogP contribution in [-0.4, -0.2) is 41.2 Å². The second-order valence-electron chi connectivity index (χ2n) is 7.01. The lowest BCUT2D eigenvalue weighted by molar-refractivity contribution is 0.0650. The van der Waals surface area contributed by atoms with Crippen LogP contribution in [0.4, 0.5) is 0 Å². The zero-order chi connectivity index (χ0) is 19.9. The zero-order valence-electron chi connectivity index (χ0n) is 16.5. The molecule has 6 nitrogen and oxygen atoms in total.